The quantitative estimate of drug-likeness (QED) is 0.798. The minimum atomic E-state index is -0.0923. The number of aliphatic hydroxyl groups excluding tert-OH is 1. The zero-order valence-electron chi connectivity index (χ0n) is 10.9. The topological polar surface area (TPSA) is 23.5 Å². The Balaban J connectivity index is 2.10. The maximum absolute atomic E-state index is 10.8. The van der Waals surface area contributed by atoms with Crippen LogP contribution in [0.2, 0.25) is 0 Å². The highest BCUT2D eigenvalue weighted by molar-refractivity contribution is 5.00. The molecule has 2 nitrogen and oxygen atoms in total. The van der Waals surface area contributed by atoms with E-state index >= 15 is 0 Å². The van der Waals surface area contributed by atoms with Gasteiger partial charge in [0.25, 0.3) is 0 Å². The maximum atomic E-state index is 10.8. The molecule has 0 amide bonds. The lowest BCUT2D eigenvalue weighted by Gasteiger charge is -2.48. The Morgan fingerprint density at radius 3 is 2.06 bits per heavy atom. The van der Waals surface area contributed by atoms with Gasteiger partial charge < -0.3 is 10.0 Å². The Labute approximate surface area is 100 Å². The van der Waals surface area contributed by atoms with Crippen molar-refractivity contribution in [3.05, 3.63) is 0 Å². The molecule has 0 aliphatic heterocycles. The van der Waals surface area contributed by atoms with E-state index < -0.39 is 0 Å². The average Bonchev–Trinajstić information content (AvgIpc) is 2.82. The van der Waals surface area contributed by atoms with E-state index in [2.05, 4.69) is 19.0 Å². The highest BCUT2D eigenvalue weighted by Crippen LogP contribution is 2.41. The molecule has 2 heteroatoms. The molecule has 0 radical (unpaired) electrons. The summed E-state index contributed by atoms with van der Waals surface area (Å²) in [5.41, 5.74) is 0.0905. The van der Waals surface area contributed by atoms with Crippen molar-refractivity contribution in [2.45, 2.75) is 69.4 Å². The van der Waals surface area contributed by atoms with Crippen LogP contribution in [0.1, 0.15) is 57.8 Å². The van der Waals surface area contributed by atoms with Crippen molar-refractivity contribution in [3.63, 3.8) is 0 Å². The van der Waals surface area contributed by atoms with E-state index in [4.69, 9.17) is 0 Å². The summed E-state index contributed by atoms with van der Waals surface area (Å²) in [4.78, 5) is 2.31. The van der Waals surface area contributed by atoms with Crippen LogP contribution in [0, 0.1) is 5.92 Å². The summed E-state index contributed by atoms with van der Waals surface area (Å²) in [5, 5.41) is 10.8. The molecule has 2 saturated carbocycles. The highest BCUT2D eigenvalue weighted by atomic mass is 16.3. The minimum Gasteiger partial charge on any atom is -0.391 e. The number of hydrogen-bond donors (Lipinski definition) is 1. The van der Waals surface area contributed by atoms with Gasteiger partial charge >= 0.3 is 0 Å². The fourth-order valence-corrected chi connectivity index (χ4v) is 3.88. The lowest BCUT2D eigenvalue weighted by atomic mass is 9.72. The van der Waals surface area contributed by atoms with Gasteiger partial charge in [-0.05, 0) is 45.7 Å². The third-order valence-electron chi connectivity index (χ3n) is 5.01. The summed E-state index contributed by atoms with van der Waals surface area (Å²) in [7, 11) is 4.31. The summed E-state index contributed by atoms with van der Waals surface area (Å²) in [6.45, 7) is 0. The first kappa shape index (κ1) is 12.4. The second kappa shape index (κ2) is 5.05. The summed E-state index contributed by atoms with van der Waals surface area (Å²) in [6.07, 6.45) is 11.4. The van der Waals surface area contributed by atoms with Crippen molar-refractivity contribution in [2.75, 3.05) is 14.1 Å². The first-order chi connectivity index (χ1) is 7.67. The number of nitrogens with zero attached hydrogens (tertiary/aromatic N) is 1. The van der Waals surface area contributed by atoms with Crippen LogP contribution in [0.3, 0.4) is 0 Å². The first-order valence-corrected chi connectivity index (χ1v) is 7.02. The van der Waals surface area contributed by atoms with E-state index in [9.17, 15) is 5.11 Å². The Kier molecular flexibility index (Phi) is 3.91. The lowest BCUT2D eigenvalue weighted by Crippen LogP contribution is -2.57. The van der Waals surface area contributed by atoms with E-state index in [1.807, 2.05) is 0 Å². The fourth-order valence-electron chi connectivity index (χ4n) is 3.88. The van der Waals surface area contributed by atoms with Crippen molar-refractivity contribution < 1.29 is 5.11 Å². The molecule has 0 spiro atoms. The lowest BCUT2D eigenvalue weighted by molar-refractivity contribution is -0.0608. The molecular formula is C14H27NO. The molecular weight excluding hydrogens is 198 g/mol. The van der Waals surface area contributed by atoms with Crippen molar-refractivity contribution >= 4 is 0 Å². The molecule has 2 aliphatic carbocycles. The summed E-state index contributed by atoms with van der Waals surface area (Å²) in [5.74, 6) is 0.570. The van der Waals surface area contributed by atoms with Crippen molar-refractivity contribution in [3.8, 4) is 0 Å². The number of rotatable bonds is 3. The van der Waals surface area contributed by atoms with Gasteiger partial charge in [-0.15, -0.1) is 0 Å². The molecule has 1 N–H and O–H groups in total. The van der Waals surface area contributed by atoms with Gasteiger partial charge in [0.15, 0.2) is 0 Å². The summed E-state index contributed by atoms with van der Waals surface area (Å²) < 4.78 is 0. The molecule has 1 atom stereocenters. The van der Waals surface area contributed by atoms with Gasteiger partial charge in [-0.2, -0.15) is 0 Å². The molecule has 94 valence electrons. The van der Waals surface area contributed by atoms with Gasteiger partial charge in [-0.1, -0.05) is 32.1 Å². The Morgan fingerprint density at radius 1 is 1.00 bits per heavy atom. The molecule has 0 bridgehead atoms. The van der Waals surface area contributed by atoms with Crippen molar-refractivity contribution in [1.29, 1.82) is 0 Å². The van der Waals surface area contributed by atoms with Crippen molar-refractivity contribution in [2.24, 2.45) is 5.92 Å². The zero-order chi connectivity index (χ0) is 11.6. The molecule has 16 heavy (non-hydrogen) atoms. The molecule has 0 heterocycles. The molecule has 2 fully saturated rings. The SMILES string of the molecule is CN(C)C1(C(O)C2CCCC2)CCCCC1. The van der Waals surface area contributed by atoms with E-state index in [0.717, 1.165) is 0 Å². The fraction of sp³-hybridized carbons (Fsp3) is 1.00. The largest absolute Gasteiger partial charge is 0.391 e. The molecule has 1 unspecified atom stereocenters. The van der Waals surface area contributed by atoms with E-state index in [0.29, 0.717) is 5.92 Å². The van der Waals surface area contributed by atoms with Crippen molar-refractivity contribution in [1.82, 2.24) is 4.90 Å². The summed E-state index contributed by atoms with van der Waals surface area (Å²) >= 11 is 0. The number of aliphatic hydroxyl groups is 1. The predicted octanol–water partition coefficient (Wildman–Crippen LogP) is 2.80. The minimum absolute atomic E-state index is 0.0905. The zero-order valence-corrected chi connectivity index (χ0v) is 10.9. The summed E-state index contributed by atoms with van der Waals surface area (Å²) in [6, 6.07) is 0. The van der Waals surface area contributed by atoms with Gasteiger partial charge in [0.05, 0.1) is 6.10 Å². The van der Waals surface area contributed by atoms with E-state index in [-0.39, 0.29) is 11.6 Å². The Hall–Kier alpha value is -0.0800. The second-order valence-electron chi connectivity index (χ2n) is 6.05. The van der Waals surface area contributed by atoms with E-state index in [1.54, 1.807) is 0 Å². The van der Waals surface area contributed by atoms with Gasteiger partial charge in [0.1, 0.15) is 0 Å². The smallest absolute Gasteiger partial charge is 0.0751 e. The van der Waals surface area contributed by atoms with Gasteiger partial charge in [0, 0.05) is 5.54 Å². The molecule has 0 aromatic rings. The van der Waals surface area contributed by atoms with Crippen LogP contribution in [0.4, 0.5) is 0 Å². The monoisotopic (exact) mass is 225 g/mol. The van der Waals surface area contributed by atoms with Crippen LogP contribution >= 0.6 is 0 Å². The third-order valence-corrected chi connectivity index (χ3v) is 5.01. The van der Waals surface area contributed by atoms with Crippen LogP contribution < -0.4 is 0 Å². The van der Waals surface area contributed by atoms with Gasteiger partial charge in [-0.3, -0.25) is 0 Å². The molecule has 2 rings (SSSR count). The predicted molar refractivity (Wildman–Crippen MR) is 67.5 cm³/mol. The first-order valence-electron chi connectivity index (χ1n) is 7.02. The number of likely N-dealkylation sites (N-methyl/N-ethyl adjacent to an activating group) is 1. The van der Waals surface area contributed by atoms with Crippen LogP contribution in [0.15, 0.2) is 0 Å². The molecule has 0 saturated heterocycles. The second-order valence-corrected chi connectivity index (χ2v) is 6.05. The molecule has 0 aromatic carbocycles. The Morgan fingerprint density at radius 2 is 1.56 bits per heavy atom. The number of hydrogen-bond acceptors (Lipinski definition) is 2. The average molecular weight is 225 g/mol. The van der Waals surface area contributed by atoms with Crippen LogP contribution in [-0.2, 0) is 0 Å². The Bertz CT molecular complexity index is 215. The standard InChI is InChI=1S/C14H27NO/c1-15(2)14(10-6-3-7-11-14)13(16)12-8-4-5-9-12/h12-13,16H,3-11H2,1-2H3. The van der Waals surface area contributed by atoms with Crippen LogP contribution in [0.5, 0.6) is 0 Å². The van der Waals surface area contributed by atoms with E-state index in [1.165, 1.54) is 57.8 Å². The van der Waals surface area contributed by atoms with Crippen LogP contribution in [-0.4, -0.2) is 35.7 Å². The highest BCUT2D eigenvalue weighted by Gasteiger charge is 2.44. The molecule has 0 aromatic heterocycles. The van der Waals surface area contributed by atoms with Gasteiger partial charge in [0.2, 0.25) is 0 Å². The van der Waals surface area contributed by atoms with Crippen LogP contribution in [0.25, 0.3) is 0 Å². The van der Waals surface area contributed by atoms with Gasteiger partial charge in [-0.25, -0.2) is 0 Å². The third kappa shape index (κ3) is 2.14. The normalized spacial score (nSPS) is 28.5. The molecule has 2 aliphatic rings. The maximum Gasteiger partial charge on any atom is 0.0751 e.